The van der Waals surface area contributed by atoms with Gasteiger partial charge in [-0.2, -0.15) is 8.75 Å². The molecule has 122 heavy (non-hydrogen) atoms. The fourth-order valence-electron chi connectivity index (χ4n) is 16.7. The number of benzene rings is 3. The molecule has 0 N–H and O–H groups in total. The van der Waals surface area contributed by atoms with Gasteiger partial charge in [-0.15, -0.1) is 90.7 Å². The third-order valence-corrected chi connectivity index (χ3v) is 39.4. The van der Waals surface area contributed by atoms with Gasteiger partial charge in [0.05, 0.1) is 91.0 Å². The SMILES string of the molecule is CCCCCCCC[Si]1(CCCCCCCC)c2cc(CCC)ccc2-c2ccc(-c3cc(CCOCCOCCCC)c(-c4ccc(-c5ccc(-c6sc(-c7ccc(-c8cc(CCOCCOCCCC)c(-c9ccc(-c%10ccc(-c%11sc(C)cc%11CCOCCOCCCC)s%10)s9)s8)c8nsnc78)cc6CCOCCOCCCC)s5)s4)s3)cc21. The van der Waals surface area contributed by atoms with Crippen LogP contribution in [-0.4, -0.2) is 123 Å². The average Bonchev–Trinajstić information content (AvgIpc) is 1.56. The van der Waals surface area contributed by atoms with E-state index in [1.165, 1.54) is 230 Å². The Morgan fingerprint density at radius 3 is 0.984 bits per heavy atom. The minimum absolute atomic E-state index is 0.574. The van der Waals surface area contributed by atoms with E-state index in [0.717, 1.165) is 132 Å². The second-order valence-corrected chi connectivity index (χ2v) is 46.2. The van der Waals surface area contributed by atoms with Crippen LogP contribution in [0.2, 0.25) is 12.1 Å². The molecule has 0 atom stereocenters. The normalized spacial score (nSPS) is 12.6. The average molecular weight is 1830 g/mol. The minimum atomic E-state index is -2.15. The lowest BCUT2D eigenvalue weighted by Crippen LogP contribution is -2.55. The molecule has 3 aromatic carbocycles. The van der Waals surface area contributed by atoms with Gasteiger partial charge >= 0.3 is 0 Å². The standard InChI is InChI=1S/C102H132N2O8S9Si/c1-9-16-22-24-26-28-65-122(66-29-27-25-23-17-10-2)95-68-74(30-15-7)31-33-80(95)81-34-32-75(72-96(81)122)92-69-77(46-54-110-62-58-106-50-19-12-4)100(118-92)89-42-38-86(115-89)87-40-44-91(117-87)102-79(48-56-112-64-60-108-52-21-14-6)71-94(120-102)83-36-35-82(97-98(83)104-121-103-97)93-70-78(47-55-111-63-59-107-51-20-13-5)101(119-93)90-43-39-85(116-90)84-37-41-88(114-84)99-76(67-73(8)113-99)45-53-109-61-57-105-49-18-11-3/h31-44,67-72H,9-30,45-66H2,1-8H3. The molecule has 0 saturated heterocycles. The summed E-state index contributed by atoms with van der Waals surface area (Å²) >= 11 is 16.5. The molecule has 0 unspecified atom stereocenters. The van der Waals surface area contributed by atoms with Crippen LogP contribution < -0.4 is 10.4 Å². The molecule has 0 amide bonds. The molecule has 12 aromatic rings. The summed E-state index contributed by atoms with van der Waals surface area (Å²) in [6.07, 6.45) is 30.5. The van der Waals surface area contributed by atoms with E-state index in [4.69, 9.17) is 46.6 Å². The minimum Gasteiger partial charge on any atom is -0.379 e. The molecular formula is C102H132N2O8S9Si. The number of thiophene rings is 8. The molecule has 0 bridgehead atoms. The number of aromatic nitrogens is 2. The molecule has 10 nitrogen and oxygen atoms in total. The molecule has 0 radical (unpaired) electrons. The predicted molar refractivity (Wildman–Crippen MR) is 536 cm³/mol. The van der Waals surface area contributed by atoms with Crippen LogP contribution in [0.15, 0.2) is 121 Å². The van der Waals surface area contributed by atoms with Gasteiger partial charge in [0.25, 0.3) is 0 Å². The van der Waals surface area contributed by atoms with Crippen LogP contribution >= 0.6 is 102 Å². The molecule has 10 heterocycles. The van der Waals surface area contributed by atoms with Gasteiger partial charge in [-0.1, -0.05) is 206 Å². The van der Waals surface area contributed by atoms with E-state index in [9.17, 15) is 0 Å². The number of nitrogens with zero attached hydrogens (tertiary/aromatic N) is 2. The number of hydrogen-bond donors (Lipinski definition) is 0. The highest BCUT2D eigenvalue weighted by atomic mass is 32.1. The van der Waals surface area contributed by atoms with Gasteiger partial charge in [0.15, 0.2) is 0 Å². The lowest BCUT2D eigenvalue weighted by molar-refractivity contribution is 0.0479. The van der Waals surface area contributed by atoms with E-state index in [0.29, 0.717) is 79.3 Å². The number of aryl methyl sites for hydroxylation is 2. The Bertz CT molecular complexity index is 5070. The second-order valence-electron chi connectivity index (χ2n) is 32.7. The van der Waals surface area contributed by atoms with Crippen molar-refractivity contribution in [2.45, 2.75) is 234 Å². The van der Waals surface area contributed by atoms with Crippen molar-refractivity contribution < 1.29 is 37.9 Å². The number of fused-ring (bicyclic) bond motifs is 4. The van der Waals surface area contributed by atoms with Gasteiger partial charge in [-0.3, -0.25) is 0 Å². The first kappa shape index (κ1) is 94.6. The Kier molecular flexibility index (Phi) is 39.3. The fraction of sp³-hybridized carbons (Fsp3) is 0.510. The molecule has 1 aliphatic heterocycles. The molecule has 13 rings (SSSR count). The van der Waals surface area contributed by atoms with Crippen molar-refractivity contribution in [1.82, 2.24) is 8.75 Å². The molecule has 0 fully saturated rings. The van der Waals surface area contributed by atoms with Crippen LogP contribution in [0.3, 0.4) is 0 Å². The van der Waals surface area contributed by atoms with Crippen LogP contribution in [-0.2, 0) is 70.0 Å². The molecule has 0 spiro atoms. The Labute approximate surface area is 766 Å². The van der Waals surface area contributed by atoms with Crippen LogP contribution in [0.1, 0.15) is 216 Å². The molecule has 0 aliphatic carbocycles. The first-order valence-corrected chi connectivity index (χ1v) is 55.9. The Hall–Kier alpha value is -5.02. The Morgan fingerprint density at radius 2 is 0.582 bits per heavy atom. The van der Waals surface area contributed by atoms with Crippen molar-refractivity contribution in [3.63, 3.8) is 0 Å². The number of unbranched alkanes of at least 4 members (excludes halogenated alkanes) is 14. The molecule has 9 aromatic heterocycles. The lowest BCUT2D eigenvalue weighted by atomic mass is 10.0. The van der Waals surface area contributed by atoms with Crippen molar-refractivity contribution in [1.29, 1.82) is 0 Å². The second kappa shape index (κ2) is 50.7. The maximum absolute atomic E-state index is 6.41. The van der Waals surface area contributed by atoms with Crippen LogP contribution in [0, 0.1) is 6.92 Å². The lowest BCUT2D eigenvalue weighted by Gasteiger charge is -2.31. The van der Waals surface area contributed by atoms with Gasteiger partial charge in [-0.25, -0.2) is 0 Å². The van der Waals surface area contributed by atoms with Gasteiger partial charge in [-0.05, 0) is 204 Å². The van der Waals surface area contributed by atoms with Crippen molar-refractivity contribution in [2.24, 2.45) is 0 Å². The van der Waals surface area contributed by atoms with Gasteiger partial charge < -0.3 is 37.9 Å². The highest BCUT2D eigenvalue weighted by molar-refractivity contribution is 7.30. The number of hydrogen-bond acceptors (Lipinski definition) is 19. The van der Waals surface area contributed by atoms with Gasteiger partial charge in [0.2, 0.25) is 0 Å². The Balaban J connectivity index is 0.785. The smallest absolute Gasteiger partial charge is 0.119 e. The van der Waals surface area contributed by atoms with E-state index in [-0.39, 0.29) is 0 Å². The highest BCUT2D eigenvalue weighted by Gasteiger charge is 2.45. The number of rotatable bonds is 61. The zero-order valence-corrected chi connectivity index (χ0v) is 82.3. The van der Waals surface area contributed by atoms with Gasteiger partial charge in [0.1, 0.15) is 19.1 Å². The first-order valence-electron chi connectivity index (χ1n) is 46.2. The van der Waals surface area contributed by atoms with Crippen molar-refractivity contribution >= 4 is 132 Å². The summed E-state index contributed by atoms with van der Waals surface area (Å²) in [4.78, 5) is 20.6. The third-order valence-electron chi connectivity index (χ3n) is 23.4. The van der Waals surface area contributed by atoms with Crippen molar-refractivity contribution in [3.05, 3.63) is 154 Å². The zero-order valence-electron chi connectivity index (χ0n) is 74.0. The van der Waals surface area contributed by atoms with E-state index >= 15 is 0 Å². The third kappa shape index (κ3) is 25.7. The predicted octanol–water partition coefficient (Wildman–Crippen LogP) is 30.2. The number of ether oxygens (including phenoxy) is 8. The van der Waals surface area contributed by atoms with Crippen molar-refractivity contribution in [3.8, 4) is 101 Å². The molecule has 1 aliphatic rings. The molecule has 0 saturated carbocycles. The topological polar surface area (TPSA) is 99.6 Å². The quantitative estimate of drug-likeness (QED) is 0.0271. The Morgan fingerprint density at radius 1 is 0.254 bits per heavy atom. The van der Waals surface area contributed by atoms with E-state index < -0.39 is 8.07 Å². The molecule has 656 valence electrons. The van der Waals surface area contributed by atoms with Crippen molar-refractivity contribution in [2.75, 3.05) is 106 Å². The summed E-state index contributed by atoms with van der Waals surface area (Å²) in [5.74, 6) is 0. The van der Waals surface area contributed by atoms with Crippen LogP contribution in [0.4, 0.5) is 0 Å². The summed E-state index contributed by atoms with van der Waals surface area (Å²) in [6, 6.07) is 51.2. The first-order chi connectivity index (χ1) is 60.1. The monoisotopic (exact) mass is 1830 g/mol. The summed E-state index contributed by atoms with van der Waals surface area (Å²) in [7, 11) is -2.15. The van der Waals surface area contributed by atoms with Crippen LogP contribution in [0.25, 0.3) is 112 Å². The van der Waals surface area contributed by atoms with E-state index in [2.05, 4.69) is 177 Å². The van der Waals surface area contributed by atoms with E-state index in [1.54, 1.807) is 10.4 Å². The van der Waals surface area contributed by atoms with E-state index in [1.807, 2.05) is 90.7 Å². The summed E-state index contributed by atoms with van der Waals surface area (Å²) in [6.45, 7) is 28.6. The maximum atomic E-state index is 6.41. The maximum Gasteiger partial charge on any atom is 0.119 e. The summed E-state index contributed by atoms with van der Waals surface area (Å²) in [5.41, 5.74) is 15.3. The summed E-state index contributed by atoms with van der Waals surface area (Å²) in [5, 5.41) is 3.46. The highest BCUT2D eigenvalue weighted by Crippen LogP contribution is 2.52. The summed E-state index contributed by atoms with van der Waals surface area (Å²) < 4.78 is 59.1. The fourth-order valence-corrected chi connectivity index (χ4v) is 32.5. The molecule has 20 heteroatoms. The molecular weight excluding hydrogens is 1700 g/mol. The van der Waals surface area contributed by atoms with Crippen LogP contribution in [0.5, 0.6) is 0 Å². The zero-order chi connectivity index (χ0) is 84.5. The largest absolute Gasteiger partial charge is 0.379 e. The van der Waals surface area contributed by atoms with Gasteiger partial charge in [0, 0.05) is 116 Å².